The molecule has 1 aromatic carbocycles. The van der Waals surface area contributed by atoms with E-state index in [1.54, 1.807) is 0 Å². The predicted octanol–water partition coefficient (Wildman–Crippen LogP) is 5.20. The molecule has 0 spiro atoms. The molecule has 0 fully saturated rings. The second-order valence-corrected chi connectivity index (χ2v) is 6.40. The lowest BCUT2D eigenvalue weighted by atomic mass is 9.84. The summed E-state index contributed by atoms with van der Waals surface area (Å²) in [6.45, 7) is 3.83. The van der Waals surface area contributed by atoms with Gasteiger partial charge in [-0.25, -0.2) is 0 Å². The quantitative estimate of drug-likeness (QED) is 0.648. The largest absolute Gasteiger partial charge is 0.261 e. The number of halogens is 1. The van der Waals surface area contributed by atoms with Gasteiger partial charge in [-0.05, 0) is 48.6 Å². The maximum absolute atomic E-state index is 6.67. The molecule has 0 radical (unpaired) electrons. The molecule has 0 saturated carbocycles. The fourth-order valence-corrected chi connectivity index (χ4v) is 3.77. The first-order chi connectivity index (χ1) is 11.3. The van der Waals surface area contributed by atoms with Crippen molar-refractivity contribution >= 4 is 28.6 Å². The van der Waals surface area contributed by atoms with Crippen molar-refractivity contribution in [2.24, 2.45) is 0 Å². The zero-order valence-electron chi connectivity index (χ0n) is 12.8. The van der Waals surface area contributed by atoms with Gasteiger partial charge in [-0.15, -0.1) is 0 Å². The molecule has 0 saturated heterocycles. The van der Waals surface area contributed by atoms with Gasteiger partial charge >= 0.3 is 0 Å². The average molecular weight is 321 g/mol. The number of hydrogen-bond acceptors (Lipinski definition) is 2. The minimum Gasteiger partial charge on any atom is -0.261 e. The van der Waals surface area contributed by atoms with E-state index in [-0.39, 0.29) is 0 Å². The van der Waals surface area contributed by atoms with E-state index in [0.29, 0.717) is 5.92 Å². The van der Waals surface area contributed by atoms with Crippen molar-refractivity contribution < 1.29 is 0 Å². The van der Waals surface area contributed by atoms with Crippen molar-refractivity contribution in [1.82, 2.24) is 9.97 Å². The molecule has 1 aliphatic carbocycles. The zero-order valence-corrected chi connectivity index (χ0v) is 13.6. The Balaban J connectivity index is 1.80. The predicted molar refractivity (Wildman–Crippen MR) is 95.8 cm³/mol. The minimum atomic E-state index is 0.423. The highest BCUT2D eigenvalue weighted by Gasteiger charge is 2.25. The average Bonchev–Trinajstić information content (AvgIpc) is 2.61. The Hall–Kier alpha value is -2.19. The first-order valence-corrected chi connectivity index (χ1v) is 8.28. The molecular weight excluding hydrogens is 304 g/mol. The molecule has 0 amide bonds. The molecule has 3 aromatic rings. The number of benzene rings is 1. The van der Waals surface area contributed by atoms with Crippen LogP contribution in [0.25, 0.3) is 17.0 Å². The number of hydrogen-bond donors (Lipinski definition) is 0. The summed E-state index contributed by atoms with van der Waals surface area (Å²) < 4.78 is 0. The van der Waals surface area contributed by atoms with Crippen LogP contribution >= 0.6 is 11.6 Å². The van der Waals surface area contributed by atoms with Crippen molar-refractivity contribution in [1.29, 1.82) is 0 Å². The normalized spacial score (nSPS) is 17.0. The molecule has 114 valence electrons. The van der Waals surface area contributed by atoms with Crippen LogP contribution in [0.2, 0.25) is 5.02 Å². The first-order valence-electron chi connectivity index (χ1n) is 7.90. The van der Waals surface area contributed by atoms with Gasteiger partial charge in [0.15, 0.2) is 0 Å². The molecule has 1 unspecified atom stereocenters. The molecule has 2 heterocycles. The van der Waals surface area contributed by atoms with Gasteiger partial charge in [0.05, 0.1) is 10.5 Å². The Morgan fingerprint density at radius 3 is 2.91 bits per heavy atom. The molecule has 1 aliphatic rings. The third kappa shape index (κ3) is 2.53. The molecule has 0 N–H and O–H groups in total. The third-order valence-corrected chi connectivity index (χ3v) is 5.08. The molecule has 0 aliphatic heterocycles. The molecule has 4 rings (SSSR count). The van der Waals surface area contributed by atoms with E-state index in [9.17, 15) is 0 Å². The Kier molecular flexibility index (Phi) is 3.62. The smallest absolute Gasteiger partial charge is 0.0726 e. The van der Waals surface area contributed by atoms with Crippen molar-refractivity contribution in [2.45, 2.75) is 25.2 Å². The van der Waals surface area contributed by atoms with Crippen LogP contribution in [-0.2, 0) is 12.8 Å². The first kappa shape index (κ1) is 14.4. The molecule has 2 nitrogen and oxygen atoms in total. The second kappa shape index (κ2) is 5.78. The van der Waals surface area contributed by atoms with Gasteiger partial charge in [0.2, 0.25) is 0 Å². The lowest BCUT2D eigenvalue weighted by Gasteiger charge is -2.25. The van der Waals surface area contributed by atoms with Crippen LogP contribution in [-0.4, -0.2) is 9.97 Å². The van der Waals surface area contributed by atoms with E-state index in [1.165, 1.54) is 5.56 Å². The summed E-state index contributed by atoms with van der Waals surface area (Å²) in [6.07, 6.45) is 6.64. The number of pyridine rings is 2. The highest BCUT2D eigenvalue weighted by molar-refractivity contribution is 6.36. The van der Waals surface area contributed by atoms with E-state index < -0.39 is 0 Å². The van der Waals surface area contributed by atoms with Crippen LogP contribution in [0, 0.1) is 0 Å². The standard InChI is InChI=1S/C20H17ClN2/c1-2-13-6-8-15-18(11-13)23-19-12-14(7-9-16(19)20(15)21)17-5-3-4-10-22-17/h2-6,8,10-11,14H,1,7,9,12H2. The van der Waals surface area contributed by atoms with Crippen LogP contribution in [0.4, 0.5) is 0 Å². The van der Waals surface area contributed by atoms with Crippen molar-refractivity contribution in [3.8, 4) is 0 Å². The van der Waals surface area contributed by atoms with Crippen LogP contribution in [0.3, 0.4) is 0 Å². The van der Waals surface area contributed by atoms with Gasteiger partial charge in [-0.3, -0.25) is 9.97 Å². The highest BCUT2D eigenvalue weighted by Crippen LogP contribution is 2.37. The number of rotatable bonds is 2. The van der Waals surface area contributed by atoms with Crippen LogP contribution in [0.1, 0.15) is 34.9 Å². The minimum absolute atomic E-state index is 0.423. The summed E-state index contributed by atoms with van der Waals surface area (Å²) in [5.41, 5.74) is 5.49. The SMILES string of the molecule is C=Cc1ccc2c(Cl)c3c(nc2c1)CC(c1ccccn1)CC3. The Morgan fingerprint density at radius 2 is 2.13 bits per heavy atom. The monoisotopic (exact) mass is 320 g/mol. The van der Waals surface area contributed by atoms with E-state index in [1.807, 2.05) is 30.5 Å². The van der Waals surface area contributed by atoms with Gasteiger partial charge in [-0.1, -0.05) is 42.5 Å². The fraction of sp³-hybridized carbons (Fsp3) is 0.200. The van der Waals surface area contributed by atoms with Gasteiger partial charge in [0.1, 0.15) is 0 Å². The van der Waals surface area contributed by atoms with Crippen LogP contribution in [0.5, 0.6) is 0 Å². The van der Waals surface area contributed by atoms with Crippen molar-refractivity contribution in [2.75, 3.05) is 0 Å². The van der Waals surface area contributed by atoms with E-state index in [2.05, 4.69) is 29.8 Å². The lowest BCUT2D eigenvalue weighted by Crippen LogP contribution is -2.16. The van der Waals surface area contributed by atoms with Gasteiger partial charge in [0, 0.05) is 28.9 Å². The van der Waals surface area contributed by atoms with Gasteiger partial charge < -0.3 is 0 Å². The lowest BCUT2D eigenvalue weighted by molar-refractivity contribution is 0.562. The van der Waals surface area contributed by atoms with Crippen molar-refractivity contribution in [3.05, 3.63) is 76.7 Å². The topological polar surface area (TPSA) is 25.8 Å². The summed E-state index contributed by atoms with van der Waals surface area (Å²) in [5, 5.41) is 1.90. The molecule has 23 heavy (non-hydrogen) atoms. The number of nitrogens with zero attached hydrogens (tertiary/aromatic N) is 2. The third-order valence-electron chi connectivity index (χ3n) is 4.65. The second-order valence-electron chi connectivity index (χ2n) is 6.03. The Labute approximate surface area is 140 Å². The Bertz CT molecular complexity index is 887. The van der Waals surface area contributed by atoms with E-state index in [0.717, 1.165) is 52.1 Å². The van der Waals surface area contributed by atoms with Gasteiger partial charge in [-0.2, -0.15) is 0 Å². The molecule has 0 bridgehead atoms. The summed E-state index contributed by atoms with van der Waals surface area (Å²) in [6, 6.07) is 12.3. The van der Waals surface area contributed by atoms with Gasteiger partial charge in [0.25, 0.3) is 0 Å². The molecular formula is C20H17ClN2. The molecule has 2 aromatic heterocycles. The van der Waals surface area contributed by atoms with Crippen LogP contribution < -0.4 is 0 Å². The Morgan fingerprint density at radius 1 is 1.22 bits per heavy atom. The summed E-state index contributed by atoms with van der Waals surface area (Å²) in [4.78, 5) is 9.41. The molecule has 1 atom stereocenters. The number of fused-ring (bicyclic) bond motifs is 2. The van der Waals surface area contributed by atoms with E-state index >= 15 is 0 Å². The zero-order chi connectivity index (χ0) is 15.8. The van der Waals surface area contributed by atoms with E-state index in [4.69, 9.17) is 16.6 Å². The number of aromatic nitrogens is 2. The van der Waals surface area contributed by atoms with Crippen LogP contribution in [0.15, 0.2) is 49.2 Å². The maximum atomic E-state index is 6.67. The van der Waals surface area contributed by atoms with Crippen molar-refractivity contribution in [3.63, 3.8) is 0 Å². The summed E-state index contributed by atoms with van der Waals surface area (Å²) in [5.74, 6) is 0.423. The summed E-state index contributed by atoms with van der Waals surface area (Å²) >= 11 is 6.67. The maximum Gasteiger partial charge on any atom is 0.0726 e. The summed E-state index contributed by atoms with van der Waals surface area (Å²) in [7, 11) is 0. The highest BCUT2D eigenvalue weighted by atomic mass is 35.5. The molecule has 3 heteroatoms. The fourth-order valence-electron chi connectivity index (χ4n) is 3.40.